The molecule has 0 radical (unpaired) electrons. The van der Waals surface area contributed by atoms with Gasteiger partial charge >= 0.3 is 0 Å². The number of nitrogens with two attached hydrogens (primary N) is 1. The molecule has 0 aliphatic carbocycles. The molecule has 1 nitrogen and oxygen atoms in total. The quantitative estimate of drug-likeness (QED) is 0.372. The summed E-state index contributed by atoms with van der Waals surface area (Å²) < 4.78 is 0. The number of unbranched alkanes of at least 4 members (excludes halogenated alkanes) is 9. The Morgan fingerprint density at radius 2 is 1.40 bits per heavy atom. The highest BCUT2D eigenvalue weighted by molar-refractivity contribution is 6.31. The molecule has 0 aromatic heterocycles. The minimum atomic E-state index is 0.752. The Kier molecular flexibility index (Phi) is 9.57. The number of hydrogen-bond donors (Lipinski definition) is 1. The zero-order valence-corrected chi connectivity index (χ0v) is 13.7. The van der Waals surface area contributed by atoms with Crippen LogP contribution >= 0.6 is 11.6 Å². The summed E-state index contributed by atoms with van der Waals surface area (Å²) in [5.41, 5.74) is 7.68. The number of nitrogen functional groups attached to an aromatic ring is 1. The Morgan fingerprint density at radius 1 is 0.850 bits per heavy atom. The summed E-state index contributed by atoms with van der Waals surface area (Å²) in [4.78, 5) is 0. The molecule has 0 heterocycles. The molecule has 1 aromatic rings. The van der Waals surface area contributed by atoms with Gasteiger partial charge in [0.05, 0.1) is 0 Å². The van der Waals surface area contributed by atoms with E-state index in [4.69, 9.17) is 17.3 Å². The second-order valence-electron chi connectivity index (χ2n) is 5.78. The number of benzene rings is 1. The van der Waals surface area contributed by atoms with Gasteiger partial charge in [-0.25, -0.2) is 0 Å². The number of hydrogen-bond acceptors (Lipinski definition) is 1. The maximum Gasteiger partial charge on any atom is 0.0458 e. The van der Waals surface area contributed by atoms with Crippen molar-refractivity contribution in [3.05, 3.63) is 28.8 Å². The standard InChI is InChI=1S/C18H30ClN/c1-2-3-4-5-6-7-8-9-10-11-12-16-13-14-17(20)15-18(16)19/h13-15H,2-12,20H2,1H3. The molecule has 20 heavy (non-hydrogen) atoms. The highest BCUT2D eigenvalue weighted by Gasteiger charge is 2.00. The number of aryl methyl sites for hydroxylation is 1. The molecule has 0 atom stereocenters. The largest absolute Gasteiger partial charge is 0.399 e. The average molecular weight is 296 g/mol. The second-order valence-corrected chi connectivity index (χ2v) is 6.19. The third-order valence-electron chi connectivity index (χ3n) is 3.88. The smallest absolute Gasteiger partial charge is 0.0458 e. The van der Waals surface area contributed by atoms with Crippen LogP contribution in [0.1, 0.15) is 76.7 Å². The van der Waals surface area contributed by atoms with Gasteiger partial charge in [-0.2, -0.15) is 0 Å². The van der Waals surface area contributed by atoms with Crippen molar-refractivity contribution >= 4 is 17.3 Å². The Morgan fingerprint density at radius 3 is 1.95 bits per heavy atom. The van der Waals surface area contributed by atoms with Crippen LogP contribution in [0.15, 0.2) is 18.2 Å². The van der Waals surface area contributed by atoms with Crippen LogP contribution in [0.2, 0.25) is 5.02 Å². The van der Waals surface area contributed by atoms with Gasteiger partial charge in [0.25, 0.3) is 0 Å². The lowest BCUT2D eigenvalue weighted by Crippen LogP contribution is -1.90. The molecule has 2 heteroatoms. The summed E-state index contributed by atoms with van der Waals surface area (Å²) in [5.74, 6) is 0. The van der Waals surface area contributed by atoms with Crippen molar-refractivity contribution in [3.8, 4) is 0 Å². The van der Waals surface area contributed by atoms with Gasteiger partial charge in [-0.05, 0) is 30.5 Å². The number of halogens is 1. The van der Waals surface area contributed by atoms with E-state index in [0.29, 0.717) is 0 Å². The first-order chi connectivity index (χ1) is 9.74. The van der Waals surface area contributed by atoms with Gasteiger partial charge in [-0.15, -0.1) is 0 Å². The van der Waals surface area contributed by atoms with E-state index < -0.39 is 0 Å². The molecular weight excluding hydrogens is 266 g/mol. The van der Waals surface area contributed by atoms with Crippen LogP contribution in [0, 0.1) is 0 Å². The highest BCUT2D eigenvalue weighted by atomic mass is 35.5. The third-order valence-corrected chi connectivity index (χ3v) is 4.23. The summed E-state index contributed by atoms with van der Waals surface area (Å²) in [7, 11) is 0. The van der Waals surface area contributed by atoms with E-state index in [2.05, 4.69) is 13.0 Å². The van der Waals surface area contributed by atoms with Crippen LogP contribution in [0.3, 0.4) is 0 Å². The zero-order valence-electron chi connectivity index (χ0n) is 13.0. The van der Waals surface area contributed by atoms with Crippen molar-refractivity contribution in [2.24, 2.45) is 0 Å². The van der Waals surface area contributed by atoms with Gasteiger partial charge in [-0.1, -0.05) is 82.4 Å². The van der Waals surface area contributed by atoms with E-state index in [1.54, 1.807) is 0 Å². The molecular formula is C18H30ClN. The van der Waals surface area contributed by atoms with E-state index >= 15 is 0 Å². The topological polar surface area (TPSA) is 26.0 Å². The normalized spacial score (nSPS) is 10.9. The lowest BCUT2D eigenvalue weighted by atomic mass is 10.0. The molecule has 0 fully saturated rings. The number of anilines is 1. The van der Waals surface area contributed by atoms with Crippen LogP contribution in [0.25, 0.3) is 0 Å². The van der Waals surface area contributed by atoms with E-state index in [-0.39, 0.29) is 0 Å². The Labute approximate surface area is 129 Å². The van der Waals surface area contributed by atoms with Crippen LogP contribution in [-0.4, -0.2) is 0 Å². The molecule has 0 amide bonds. The van der Waals surface area contributed by atoms with E-state index in [1.165, 1.54) is 69.8 Å². The predicted molar refractivity (Wildman–Crippen MR) is 91.4 cm³/mol. The Balaban J connectivity index is 1.97. The maximum atomic E-state index is 6.17. The van der Waals surface area contributed by atoms with E-state index in [1.807, 2.05) is 12.1 Å². The fourth-order valence-corrected chi connectivity index (χ4v) is 2.85. The van der Waals surface area contributed by atoms with Crippen molar-refractivity contribution in [2.75, 3.05) is 5.73 Å². The monoisotopic (exact) mass is 295 g/mol. The summed E-state index contributed by atoms with van der Waals surface area (Å²) in [6.45, 7) is 2.27. The maximum absolute atomic E-state index is 6.17. The van der Waals surface area contributed by atoms with Crippen molar-refractivity contribution in [3.63, 3.8) is 0 Å². The van der Waals surface area contributed by atoms with Gasteiger partial charge in [-0.3, -0.25) is 0 Å². The zero-order chi connectivity index (χ0) is 14.6. The van der Waals surface area contributed by atoms with Crippen LogP contribution in [0.4, 0.5) is 5.69 Å². The molecule has 0 bridgehead atoms. The molecule has 114 valence electrons. The van der Waals surface area contributed by atoms with Crippen LogP contribution < -0.4 is 5.73 Å². The Hall–Kier alpha value is -0.690. The molecule has 0 unspecified atom stereocenters. The van der Waals surface area contributed by atoms with Gasteiger partial charge in [0.15, 0.2) is 0 Å². The minimum absolute atomic E-state index is 0.752. The molecule has 2 N–H and O–H groups in total. The van der Waals surface area contributed by atoms with Crippen LogP contribution in [0.5, 0.6) is 0 Å². The summed E-state index contributed by atoms with van der Waals surface area (Å²) in [6.07, 6.45) is 14.8. The summed E-state index contributed by atoms with van der Waals surface area (Å²) in [5, 5.41) is 0.820. The van der Waals surface area contributed by atoms with E-state index in [9.17, 15) is 0 Å². The first kappa shape index (κ1) is 17.4. The second kappa shape index (κ2) is 11.0. The van der Waals surface area contributed by atoms with Crippen molar-refractivity contribution in [1.82, 2.24) is 0 Å². The summed E-state index contributed by atoms with van der Waals surface area (Å²) >= 11 is 6.17. The van der Waals surface area contributed by atoms with E-state index in [0.717, 1.165) is 17.1 Å². The van der Waals surface area contributed by atoms with Gasteiger partial charge in [0.1, 0.15) is 0 Å². The molecule has 0 saturated carbocycles. The fraction of sp³-hybridized carbons (Fsp3) is 0.667. The van der Waals surface area contributed by atoms with Crippen molar-refractivity contribution < 1.29 is 0 Å². The van der Waals surface area contributed by atoms with Gasteiger partial charge in [0.2, 0.25) is 0 Å². The molecule has 1 rings (SSSR count). The predicted octanol–water partition coefficient (Wildman–Crippen LogP) is 6.39. The molecule has 0 aliphatic rings. The SMILES string of the molecule is CCCCCCCCCCCCc1ccc(N)cc1Cl. The lowest BCUT2D eigenvalue weighted by molar-refractivity contribution is 0.556. The first-order valence-electron chi connectivity index (χ1n) is 8.28. The number of rotatable bonds is 11. The fourth-order valence-electron chi connectivity index (χ4n) is 2.57. The Bertz CT molecular complexity index is 362. The lowest BCUT2D eigenvalue weighted by Gasteiger charge is -2.05. The van der Waals surface area contributed by atoms with Crippen molar-refractivity contribution in [2.45, 2.75) is 77.6 Å². The average Bonchev–Trinajstić information content (AvgIpc) is 2.43. The minimum Gasteiger partial charge on any atom is -0.399 e. The van der Waals surface area contributed by atoms with Crippen LogP contribution in [-0.2, 0) is 6.42 Å². The van der Waals surface area contributed by atoms with Crippen molar-refractivity contribution in [1.29, 1.82) is 0 Å². The molecule has 0 saturated heterocycles. The first-order valence-corrected chi connectivity index (χ1v) is 8.65. The van der Waals surface area contributed by atoms with Gasteiger partial charge in [0, 0.05) is 10.7 Å². The highest BCUT2D eigenvalue weighted by Crippen LogP contribution is 2.21. The summed E-state index contributed by atoms with van der Waals surface area (Å²) in [6, 6.07) is 5.86. The van der Waals surface area contributed by atoms with Gasteiger partial charge < -0.3 is 5.73 Å². The third kappa shape index (κ3) is 7.79. The molecule has 0 aliphatic heterocycles. The molecule has 1 aromatic carbocycles. The molecule has 0 spiro atoms.